The van der Waals surface area contributed by atoms with Gasteiger partial charge in [0.15, 0.2) is 0 Å². The standard InChI is InChI=1S/C17H21N3O/c1-2-3-5-15-6-4-11-20(15)17(21)19-14-7-8-16-13(12-14)9-10-18-16/h4,6-10,12,15,18H,2-3,5,11H2,1H3,(H,19,21)/t15-/m0/s1. The molecule has 3 rings (SSSR count). The molecule has 4 nitrogen and oxygen atoms in total. The maximum absolute atomic E-state index is 12.4. The van der Waals surface area contributed by atoms with E-state index in [-0.39, 0.29) is 12.1 Å². The Balaban J connectivity index is 1.67. The molecule has 110 valence electrons. The van der Waals surface area contributed by atoms with Gasteiger partial charge in [0.1, 0.15) is 0 Å². The molecule has 1 aromatic heterocycles. The first-order valence-corrected chi connectivity index (χ1v) is 7.59. The summed E-state index contributed by atoms with van der Waals surface area (Å²) in [5.74, 6) is 0. The lowest BCUT2D eigenvalue weighted by molar-refractivity contribution is 0.208. The van der Waals surface area contributed by atoms with Crippen molar-refractivity contribution in [3.8, 4) is 0 Å². The minimum atomic E-state index is -0.0176. The van der Waals surface area contributed by atoms with Gasteiger partial charge in [0, 0.05) is 29.3 Å². The Labute approximate surface area is 124 Å². The average Bonchev–Trinajstić information content (AvgIpc) is 3.13. The molecule has 4 heteroatoms. The fourth-order valence-corrected chi connectivity index (χ4v) is 2.80. The molecule has 21 heavy (non-hydrogen) atoms. The molecule has 2 N–H and O–H groups in total. The van der Waals surface area contributed by atoms with Crippen LogP contribution in [0.15, 0.2) is 42.6 Å². The molecule has 0 unspecified atom stereocenters. The molecule has 2 aromatic rings. The number of aromatic amines is 1. The summed E-state index contributed by atoms with van der Waals surface area (Å²) in [7, 11) is 0. The summed E-state index contributed by atoms with van der Waals surface area (Å²) in [6, 6.07) is 8.14. The van der Waals surface area contributed by atoms with E-state index >= 15 is 0 Å². The highest BCUT2D eigenvalue weighted by Crippen LogP contribution is 2.20. The zero-order chi connectivity index (χ0) is 14.7. The first-order chi connectivity index (χ1) is 10.3. The van der Waals surface area contributed by atoms with Crippen molar-refractivity contribution in [1.82, 2.24) is 9.88 Å². The van der Waals surface area contributed by atoms with E-state index < -0.39 is 0 Å². The van der Waals surface area contributed by atoms with Crippen molar-refractivity contribution in [3.63, 3.8) is 0 Å². The molecule has 0 spiro atoms. The van der Waals surface area contributed by atoms with Crippen LogP contribution in [0, 0.1) is 0 Å². The lowest BCUT2D eigenvalue weighted by atomic mass is 10.1. The molecule has 1 atom stereocenters. The van der Waals surface area contributed by atoms with Gasteiger partial charge in [-0.25, -0.2) is 4.79 Å². The smallest absolute Gasteiger partial charge is 0.322 e. The minimum absolute atomic E-state index is 0.0176. The van der Waals surface area contributed by atoms with Gasteiger partial charge < -0.3 is 15.2 Å². The molecule has 1 aromatic carbocycles. The van der Waals surface area contributed by atoms with E-state index in [0.29, 0.717) is 6.54 Å². The van der Waals surface area contributed by atoms with Gasteiger partial charge in [-0.2, -0.15) is 0 Å². The van der Waals surface area contributed by atoms with Gasteiger partial charge in [-0.1, -0.05) is 31.9 Å². The largest absolute Gasteiger partial charge is 0.361 e. The van der Waals surface area contributed by atoms with Crippen molar-refractivity contribution in [2.45, 2.75) is 32.2 Å². The number of rotatable bonds is 4. The molecular formula is C17H21N3O. The van der Waals surface area contributed by atoms with E-state index in [1.54, 1.807) is 0 Å². The van der Waals surface area contributed by atoms with E-state index in [0.717, 1.165) is 35.9 Å². The van der Waals surface area contributed by atoms with E-state index in [4.69, 9.17) is 0 Å². The molecule has 0 saturated carbocycles. The zero-order valence-electron chi connectivity index (χ0n) is 12.3. The summed E-state index contributed by atoms with van der Waals surface area (Å²) in [4.78, 5) is 17.5. The number of carbonyl (C=O) groups excluding carboxylic acids is 1. The van der Waals surface area contributed by atoms with E-state index in [9.17, 15) is 4.79 Å². The highest BCUT2D eigenvalue weighted by atomic mass is 16.2. The summed E-state index contributed by atoms with van der Waals surface area (Å²) in [5, 5.41) is 4.11. The Kier molecular flexibility index (Phi) is 3.95. The number of hydrogen-bond acceptors (Lipinski definition) is 1. The normalized spacial score (nSPS) is 17.6. The van der Waals surface area contributed by atoms with Gasteiger partial charge in [0.2, 0.25) is 0 Å². The van der Waals surface area contributed by atoms with Crippen molar-refractivity contribution in [1.29, 1.82) is 0 Å². The number of aromatic nitrogens is 1. The maximum Gasteiger partial charge on any atom is 0.322 e. The van der Waals surface area contributed by atoms with Crippen LogP contribution in [0.2, 0.25) is 0 Å². The summed E-state index contributed by atoms with van der Waals surface area (Å²) in [6.45, 7) is 2.88. The SMILES string of the molecule is CCCC[C@H]1C=CCN1C(=O)Nc1ccc2[nH]ccc2c1. The van der Waals surface area contributed by atoms with Crippen molar-refractivity contribution >= 4 is 22.6 Å². The Morgan fingerprint density at radius 3 is 3.19 bits per heavy atom. The van der Waals surface area contributed by atoms with Crippen molar-refractivity contribution < 1.29 is 4.79 Å². The number of hydrogen-bond donors (Lipinski definition) is 2. The molecule has 2 amide bonds. The lowest BCUT2D eigenvalue weighted by Gasteiger charge is -2.24. The molecule has 0 saturated heterocycles. The molecule has 0 fully saturated rings. The third-order valence-corrected chi connectivity index (χ3v) is 3.98. The Morgan fingerprint density at radius 2 is 2.33 bits per heavy atom. The van der Waals surface area contributed by atoms with Gasteiger partial charge >= 0.3 is 6.03 Å². The summed E-state index contributed by atoms with van der Waals surface area (Å²) in [6.07, 6.45) is 9.47. The predicted molar refractivity (Wildman–Crippen MR) is 86.5 cm³/mol. The van der Waals surface area contributed by atoms with Crippen LogP contribution in [0.4, 0.5) is 10.5 Å². The fraction of sp³-hybridized carbons (Fsp3) is 0.353. The molecule has 1 aliphatic heterocycles. The number of nitrogens with zero attached hydrogens (tertiary/aromatic N) is 1. The quantitative estimate of drug-likeness (QED) is 0.814. The van der Waals surface area contributed by atoms with Crippen molar-refractivity contribution in [2.75, 3.05) is 11.9 Å². The summed E-state index contributed by atoms with van der Waals surface area (Å²) in [5.41, 5.74) is 1.92. The van der Waals surface area contributed by atoms with Gasteiger partial charge in [-0.05, 0) is 30.7 Å². The predicted octanol–water partition coefficient (Wildman–Crippen LogP) is 4.13. The van der Waals surface area contributed by atoms with Crippen LogP contribution in [-0.2, 0) is 0 Å². The zero-order valence-corrected chi connectivity index (χ0v) is 12.3. The summed E-state index contributed by atoms with van der Waals surface area (Å²) >= 11 is 0. The fourth-order valence-electron chi connectivity index (χ4n) is 2.80. The molecule has 0 radical (unpaired) electrons. The Morgan fingerprint density at radius 1 is 1.43 bits per heavy atom. The molecule has 2 heterocycles. The van der Waals surface area contributed by atoms with E-state index in [1.165, 1.54) is 0 Å². The van der Waals surface area contributed by atoms with E-state index in [1.807, 2.05) is 35.4 Å². The number of amides is 2. The third kappa shape index (κ3) is 2.94. The Hall–Kier alpha value is -2.23. The second-order valence-corrected chi connectivity index (χ2v) is 5.50. The number of fused-ring (bicyclic) bond motifs is 1. The number of nitrogens with one attached hydrogen (secondary N) is 2. The number of benzene rings is 1. The van der Waals surface area contributed by atoms with Crippen molar-refractivity contribution in [3.05, 3.63) is 42.6 Å². The van der Waals surface area contributed by atoms with Crippen LogP contribution in [0.25, 0.3) is 10.9 Å². The van der Waals surface area contributed by atoms with Gasteiger partial charge in [-0.3, -0.25) is 0 Å². The van der Waals surface area contributed by atoms with Crippen LogP contribution in [0.5, 0.6) is 0 Å². The number of anilines is 1. The maximum atomic E-state index is 12.4. The number of unbranched alkanes of at least 4 members (excludes halogenated alkanes) is 1. The second-order valence-electron chi connectivity index (χ2n) is 5.50. The highest BCUT2D eigenvalue weighted by molar-refractivity contribution is 5.93. The topological polar surface area (TPSA) is 48.1 Å². The van der Waals surface area contributed by atoms with Gasteiger partial charge in [0.25, 0.3) is 0 Å². The van der Waals surface area contributed by atoms with Crippen LogP contribution in [0.3, 0.4) is 0 Å². The second kappa shape index (κ2) is 6.04. The first-order valence-electron chi connectivity index (χ1n) is 7.59. The molecule has 0 aliphatic carbocycles. The first kappa shape index (κ1) is 13.7. The lowest BCUT2D eigenvalue weighted by Crippen LogP contribution is -2.39. The van der Waals surface area contributed by atoms with Crippen LogP contribution in [0.1, 0.15) is 26.2 Å². The van der Waals surface area contributed by atoms with Crippen LogP contribution >= 0.6 is 0 Å². The average molecular weight is 283 g/mol. The number of urea groups is 1. The van der Waals surface area contributed by atoms with Crippen molar-refractivity contribution in [2.24, 2.45) is 0 Å². The number of H-pyrrole nitrogens is 1. The van der Waals surface area contributed by atoms with Gasteiger partial charge in [-0.15, -0.1) is 0 Å². The van der Waals surface area contributed by atoms with E-state index in [2.05, 4.69) is 29.4 Å². The third-order valence-electron chi connectivity index (χ3n) is 3.98. The Bertz CT molecular complexity index is 659. The molecule has 0 bridgehead atoms. The molecule has 1 aliphatic rings. The number of carbonyl (C=O) groups is 1. The minimum Gasteiger partial charge on any atom is -0.361 e. The van der Waals surface area contributed by atoms with Gasteiger partial charge in [0.05, 0.1) is 6.04 Å². The van der Waals surface area contributed by atoms with Crippen LogP contribution < -0.4 is 5.32 Å². The highest BCUT2D eigenvalue weighted by Gasteiger charge is 2.24. The monoisotopic (exact) mass is 283 g/mol. The summed E-state index contributed by atoms with van der Waals surface area (Å²) < 4.78 is 0. The van der Waals surface area contributed by atoms with Crippen LogP contribution in [-0.4, -0.2) is 28.5 Å². The molecular weight excluding hydrogens is 262 g/mol.